The highest BCUT2D eigenvalue weighted by molar-refractivity contribution is 9.10. The third-order valence-electron chi connectivity index (χ3n) is 6.08. The summed E-state index contributed by atoms with van der Waals surface area (Å²) in [7, 11) is -3.76. The molecule has 1 unspecified atom stereocenters. The molecule has 1 aliphatic heterocycles. The number of carbonyl (C=O) groups excluding carboxylic acids is 1. The van der Waals surface area contributed by atoms with Crippen molar-refractivity contribution in [3.63, 3.8) is 0 Å². The average molecular weight is 611 g/mol. The van der Waals surface area contributed by atoms with Crippen LogP contribution in [0.15, 0.2) is 76.1 Å². The van der Waals surface area contributed by atoms with Gasteiger partial charge in [0.2, 0.25) is 10.0 Å². The first-order valence-electron chi connectivity index (χ1n) is 11.6. The number of ether oxygens (including phenoxy) is 1. The molecule has 1 N–H and O–H groups in total. The molecule has 0 spiro atoms. The van der Waals surface area contributed by atoms with Crippen molar-refractivity contribution in [2.24, 2.45) is 0 Å². The summed E-state index contributed by atoms with van der Waals surface area (Å²) in [6.45, 7) is 3.08. The van der Waals surface area contributed by atoms with Crippen LogP contribution in [0.25, 0.3) is 0 Å². The van der Waals surface area contributed by atoms with Crippen LogP contribution in [0, 0.1) is 5.82 Å². The van der Waals surface area contributed by atoms with Crippen molar-refractivity contribution in [1.29, 1.82) is 0 Å². The van der Waals surface area contributed by atoms with Crippen LogP contribution in [0.4, 0.5) is 9.18 Å². The maximum Gasteiger partial charge on any atom is 0.317 e. The fourth-order valence-electron chi connectivity index (χ4n) is 3.91. The van der Waals surface area contributed by atoms with Crippen LogP contribution in [0.1, 0.15) is 24.1 Å². The smallest absolute Gasteiger partial charge is 0.317 e. The lowest BCUT2D eigenvalue weighted by Gasteiger charge is -2.34. The number of benzene rings is 3. The second-order valence-electron chi connectivity index (χ2n) is 8.62. The van der Waals surface area contributed by atoms with E-state index in [-0.39, 0.29) is 54.0 Å². The number of urea groups is 1. The maximum atomic E-state index is 13.0. The number of hydrogen-bond donors (Lipinski definition) is 1. The zero-order chi connectivity index (χ0) is 26.6. The lowest BCUT2D eigenvalue weighted by Crippen LogP contribution is -2.53. The minimum Gasteiger partial charge on any atom is -0.489 e. The third-order valence-corrected chi connectivity index (χ3v) is 8.95. The van der Waals surface area contributed by atoms with Crippen molar-refractivity contribution in [3.8, 4) is 5.75 Å². The van der Waals surface area contributed by atoms with Gasteiger partial charge in [-0.15, -0.1) is 0 Å². The molecule has 37 heavy (non-hydrogen) atoms. The number of nitrogens with zero attached hydrogens (tertiary/aromatic N) is 2. The Morgan fingerprint density at radius 3 is 2.32 bits per heavy atom. The molecule has 2 amide bonds. The number of rotatable bonds is 7. The van der Waals surface area contributed by atoms with E-state index in [0.29, 0.717) is 16.8 Å². The summed E-state index contributed by atoms with van der Waals surface area (Å²) < 4.78 is 46.8. The lowest BCUT2D eigenvalue weighted by molar-refractivity contribution is 0.169. The summed E-state index contributed by atoms with van der Waals surface area (Å²) >= 11 is 9.44. The molecule has 4 rings (SSSR count). The number of sulfonamides is 1. The molecule has 1 aliphatic rings. The molecule has 7 nitrogen and oxygen atoms in total. The summed E-state index contributed by atoms with van der Waals surface area (Å²) in [5.41, 5.74) is 1.76. The minimum atomic E-state index is -3.76. The average Bonchev–Trinajstić information content (AvgIpc) is 2.88. The first-order valence-corrected chi connectivity index (χ1v) is 14.2. The van der Waals surface area contributed by atoms with Gasteiger partial charge < -0.3 is 15.0 Å². The van der Waals surface area contributed by atoms with Crippen molar-refractivity contribution in [3.05, 3.63) is 93.2 Å². The van der Waals surface area contributed by atoms with Gasteiger partial charge in [-0.3, -0.25) is 0 Å². The van der Waals surface area contributed by atoms with E-state index >= 15 is 0 Å². The Labute approximate surface area is 229 Å². The lowest BCUT2D eigenvalue weighted by atomic mass is 10.1. The molecule has 0 saturated carbocycles. The van der Waals surface area contributed by atoms with Gasteiger partial charge in [-0.05, 0) is 60.5 Å². The second kappa shape index (κ2) is 11.8. The largest absolute Gasteiger partial charge is 0.489 e. The van der Waals surface area contributed by atoms with Gasteiger partial charge >= 0.3 is 6.03 Å². The molecule has 0 aromatic heterocycles. The van der Waals surface area contributed by atoms with Crippen molar-refractivity contribution in [2.45, 2.75) is 24.5 Å². The molecule has 3 aromatic rings. The van der Waals surface area contributed by atoms with E-state index in [1.807, 2.05) is 31.2 Å². The van der Waals surface area contributed by atoms with Gasteiger partial charge in [0, 0.05) is 30.7 Å². The van der Waals surface area contributed by atoms with Crippen LogP contribution in [-0.2, 0) is 16.6 Å². The zero-order valence-corrected chi connectivity index (χ0v) is 23.2. The predicted octanol–water partition coefficient (Wildman–Crippen LogP) is 5.60. The van der Waals surface area contributed by atoms with E-state index < -0.39 is 10.0 Å². The molecule has 0 bridgehead atoms. The highest BCUT2D eigenvalue weighted by Crippen LogP contribution is 2.28. The summed E-state index contributed by atoms with van der Waals surface area (Å²) in [6, 6.07) is 17.6. The summed E-state index contributed by atoms with van der Waals surface area (Å²) in [4.78, 5) is 14.5. The van der Waals surface area contributed by atoms with Gasteiger partial charge in [0.25, 0.3) is 0 Å². The third kappa shape index (κ3) is 6.81. The molecule has 1 heterocycles. The molecule has 3 aromatic carbocycles. The normalized spacial score (nSPS) is 15.3. The Bertz CT molecular complexity index is 1350. The van der Waals surface area contributed by atoms with Gasteiger partial charge in [0.05, 0.1) is 11.1 Å². The first kappa shape index (κ1) is 27.4. The van der Waals surface area contributed by atoms with Crippen LogP contribution in [-0.4, -0.2) is 49.8 Å². The van der Waals surface area contributed by atoms with Gasteiger partial charge in [-0.1, -0.05) is 51.8 Å². The van der Waals surface area contributed by atoms with E-state index in [9.17, 15) is 17.6 Å². The predicted molar refractivity (Wildman–Crippen MR) is 144 cm³/mol. The van der Waals surface area contributed by atoms with Gasteiger partial charge in [-0.2, -0.15) is 4.31 Å². The summed E-state index contributed by atoms with van der Waals surface area (Å²) in [6.07, 6.45) is 0. The van der Waals surface area contributed by atoms with E-state index in [4.69, 9.17) is 16.3 Å². The number of hydrogen-bond acceptors (Lipinski definition) is 4. The Hall–Kier alpha value is -2.66. The molecule has 1 fully saturated rings. The second-order valence-corrected chi connectivity index (χ2v) is 11.9. The topological polar surface area (TPSA) is 79.0 Å². The van der Waals surface area contributed by atoms with Crippen LogP contribution >= 0.6 is 27.5 Å². The zero-order valence-electron chi connectivity index (χ0n) is 20.0. The number of piperazine rings is 1. The highest BCUT2D eigenvalue weighted by atomic mass is 79.9. The molecule has 1 atom stereocenters. The monoisotopic (exact) mass is 609 g/mol. The van der Waals surface area contributed by atoms with Gasteiger partial charge in [0.1, 0.15) is 23.1 Å². The Morgan fingerprint density at radius 1 is 1.05 bits per heavy atom. The van der Waals surface area contributed by atoms with Crippen molar-refractivity contribution >= 4 is 43.6 Å². The molecule has 196 valence electrons. The molecule has 1 saturated heterocycles. The van der Waals surface area contributed by atoms with E-state index in [0.717, 1.165) is 11.1 Å². The van der Waals surface area contributed by atoms with Crippen LogP contribution < -0.4 is 10.1 Å². The molecular formula is C26H26BrClFN3O4S. The molecule has 11 heteroatoms. The number of carbonyl (C=O) groups is 1. The first-order chi connectivity index (χ1) is 17.6. The summed E-state index contributed by atoms with van der Waals surface area (Å²) in [5, 5.41) is 3.11. The SMILES string of the molecule is CC(NC(=O)N1CCN(S(=O)(=O)c2ccc(Br)cc2Cl)CC1)c1ccc(OCc2ccc(F)cc2)cc1. The Morgan fingerprint density at radius 2 is 1.70 bits per heavy atom. The fourth-order valence-corrected chi connectivity index (χ4v) is 6.35. The quantitative estimate of drug-likeness (QED) is 0.378. The number of halogens is 3. The van der Waals surface area contributed by atoms with Crippen LogP contribution in [0.2, 0.25) is 5.02 Å². The van der Waals surface area contributed by atoms with E-state index in [1.54, 1.807) is 29.2 Å². The Balaban J connectivity index is 1.28. The summed E-state index contributed by atoms with van der Waals surface area (Å²) in [5.74, 6) is 0.372. The molecule has 0 aliphatic carbocycles. The van der Waals surface area contributed by atoms with Gasteiger partial charge in [-0.25, -0.2) is 17.6 Å². The van der Waals surface area contributed by atoms with E-state index in [1.165, 1.54) is 22.5 Å². The van der Waals surface area contributed by atoms with Crippen molar-refractivity contribution in [2.75, 3.05) is 26.2 Å². The highest BCUT2D eigenvalue weighted by Gasteiger charge is 2.31. The number of amides is 2. The number of nitrogens with one attached hydrogen (secondary N) is 1. The van der Waals surface area contributed by atoms with Gasteiger partial charge in [0.15, 0.2) is 0 Å². The molecule has 0 radical (unpaired) electrons. The Kier molecular flexibility index (Phi) is 8.74. The van der Waals surface area contributed by atoms with Crippen molar-refractivity contribution < 1.29 is 22.3 Å². The fraction of sp³-hybridized carbons (Fsp3) is 0.269. The maximum absolute atomic E-state index is 13.0. The van der Waals surface area contributed by atoms with Crippen LogP contribution in [0.5, 0.6) is 5.75 Å². The van der Waals surface area contributed by atoms with E-state index in [2.05, 4.69) is 21.2 Å². The standard InChI is InChI=1S/C26H26BrClFN3O4S/c1-18(20-4-9-23(10-5-20)36-17-19-2-7-22(29)8-3-19)30-26(33)31-12-14-32(15-13-31)37(34,35)25-11-6-21(27)16-24(25)28/h2-11,16,18H,12-15,17H2,1H3,(H,30,33). The molecular weight excluding hydrogens is 585 g/mol. The van der Waals surface area contributed by atoms with Crippen LogP contribution in [0.3, 0.4) is 0 Å². The van der Waals surface area contributed by atoms with Crippen molar-refractivity contribution in [1.82, 2.24) is 14.5 Å². The minimum absolute atomic E-state index is 0.0500.